The fraction of sp³-hybridized carbons (Fsp3) is 0.444. The van der Waals surface area contributed by atoms with E-state index in [0.29, 0.717) is 12.6 Å². The summed E-state index contributed by atoms with van der Waals surface area (Å²) < 4.78 is 5.68. The van der Waals surface area contributed by atoms with E-state index in [9.17, 15) is 5.11 Å². The van der Waals surface area contributed by atoms with Crippen LogP contribution in [0.4, 0.5) is 0 Å². The lowest BCUT2D eigenvalue weighted by Crippen LogP contribution is -2.34. The van der Waals surface area contributed by atoms with Crippen molar-refractivity contribution in [2.45, 2.75) is 31.5 Å². The molecule has 0 spiro atoms. The highest BCUT2D eigenvalue weighted by atomic mass is 16.5. The van der Waals surface area contributed by atoms with Crippen LogP contribution >= 0.6 is 0 Å². The van der Waals surface area contributed by atoms with Gasteiger partial charge >= 0.3 is 0 Å². The van der Waals surface area contributed by atoms with Gasteiger partial charge in [-0.1, -0.05) is 36.4 Å². The van der Waals surface area contributed by atoms with Gasteiger partial charge in [-0.2, -0.15) is 0 Å². The Bertz CT molecular complexity index is 578. The number of hydrogen-bond acceptors (Lipinski definition) is 3. The van der Waals surface area contributed by atoms with Crippen molar-refractivity contribution in [2.75, 3.05) is 19.7 Å². The first-order chi connectivity index (χ1) is 10.3. The number of rotatable bonds is 5. The van der Waals surface area contributed by atoms with Crippen molar-refractivity contribution in [1.29, 1.82) is 0 Å². The average molecular weight is 285 g/mol. The molecule has 112 valence electrons. The molecule has 0 saturated carbocycles. The van der Waals surface area contributed by atoms with Crippen molar-refractivity contribution in [3.8, 4) is 0 Å². The summed E-state index contributed by atoms with van der Waals surface area (Å²) in [7, 11) is 0. The van der Waals surface area contributed by atoms with Gasteiger partial charge in [0.1, 0.15) is 0 Å². The lowest BCUT2D eigenvalue weighted by Gasteiger charge is -2.23. The molecular weight excluding hydrogens is 262 g/mol. The number of nitrogens with one attached hydrogen (secondary N) is 1. The third-order valence-corrected chi connectivity index (χ3v) is 4.14. The third-order valence-electron chi connectivity index (χ3n) is 4.14. The summed E-state index contributed by atoms with van der Waals surface area (Å²) in [4.78, 5) is 0. The van der Waals surface area contributed by atoms with E-state index in [1.807, 2.05) is 18.2 Å². The maximum absolute atomic E-state index is 10.3. The number of hydrogen-bond donors (Lipinski definition) is 2. The largest absolute Gasteiger partial charge is 0.387 e. The van der Waals surface area contributed by atoms with Gasteiger partial charge in [0.15, 0.2) is 0 Å². The molecule has 2 unspecified atom stereocenters. The van der Waals surface area contributed by atoms with Gasteiger partial charge < -0.3 is 15.2 Å². The normalized spacial score (nSPS) is 20.5. The Kier molecular flexibility index (Phi) is 4.86. The van der Waals surface area contributed by atoms with E-state index in [2.05, 4.69) is 29.6 Å². The molecule has 1 aliphatic rings. The Morgan fingerprint density at radius 2 is 2.00 bits per heavy atom. The molecule has 2 aromatic carbocycles. The Labute approximate surface area is 125 Å². The van der Waals surface area contributed by atoms with Crippen molar-refractivity contribution in [1.82, 2.24) is 5.32 Å². The minimum atomic E-state index is -0.474. The molecule has 2 N–H and O–H groups in total. The van der Waals surface area contributed by atoms with E-state index in [-0.39, 0.29) is 0 Å². The summed E-state index contributed by atoms with van der Waals surface area (Å²) in [6.07, 6.45) is 3.38. The van der Waals surface area contributed by atoms with Crippen LogP contribution in [0.15, 0.2) is 42.5 Å². The first kappa shape index (κ1) is 14.5. The Morgan fingerprint density at radius 3 is 2.81 bits per heavy atom. The predicted octanol–water partition coefficient (Wildman–Crippen LogP) is 3.03. The summed E-state index contributed by atoms with van der Waals surface area (Å²) in [6.45, 7) is 2.27. The molecule has 21 heavy (non-hydrogen) atoms. The highest BCUT2D eigenvalue weighted by Gasteiger charge is 2.14. The van der Waals surface area contributed by atoms with Crippen molar-refractivity contribution in [3.63, 3.8) is 0 Å². The third kappa shape index (κ3) is 3.82. The number of benzene rings is 2. The average Bonchev–Trinajstić information content (AvgIpc) is 2.55. The molecule has 0 aliphatic carbocycles. The number of ether oxygens (including phenoxy) is 1. The van der Waals surface area contributed by atoms with E-state index in [0.717, 1.165) is 25.1 Å². The van der Waals surface area contributed by atoms with Gasteiger partial charge in [-0.05, 0) is 41.7 Å². The van der Waals surface area contributed by atoms with Gasteiger partial charge in [0, 0.05) is 19.7 Å². The maximum atomic E-state index is 10.3. The van der Waals surface area contributed by atoms with Gasteiger partial charge in [-0.25, -0.2) is 0 Å². The molecule has 0 radical (unpaired) electrons. The maximum Gasteiger partial charge on any atom is 0.0914 e. The van der Waals surface area contributed by atoms with Gasteiger partial charge in [0.25, 0.3) is 0 Å². The molecule has 1 fully saturated rings. The lowest BCUT2D eigenvalue weighted by molar-refractivity contribution is 0.0152. The lowest BCUT2D eigenvalue weighted by atomic mass is 10.0. The van der Waals surface area contributed by atoms with Crippen LogP contribution in [-0.4, -0.2) is 30.9 Å². The van der Waals surface area contributed by atoms with Crippen LogP contribution in [0.5, 0.6) is 0 Å². The fourth-order valence-electron chi connectivity index (χ4n) is 2.88. The molecule has 1 aliphatic heterocycles. The van der Waals surface area contributed by atoms with Crippen LogP contribution in [-0.2, 0) is 4.74 Å². The van der Waals surface area contributed by atoms with Crippen LogP contribution in [0, 0.1) is 0 Å². The highest BCUT2D eigenvalue weighted by molar-refractivity contribution is 5.83. The predicted molar refractivity (Wildman–Crippen MR) is 85.4 cm³/mol. The molecule has 3 nitrogen and oxygen atoms in total. The van der Waals surface area contributed by atoms with Crippen LogP contribution in [0.3, 0.4) is 0 Å². The molecule has 2 aromatic rings. The highest BCUT2D eigenvalue weighted by Crippen LogP contribution is 2.20. The van der Waals surface area contributed by atoms with E-state index in [1.54, 1.807) is 0 Å². The van der Waals surface area contributed by atoms with Crippen molar-refractivity contribution in [3.05, 3.63) is 48.0 Å². The summed E-state index contributed by atoms with van der Waals surface area (Å²) in [5.74, 6) is 0. The van der Waals surface area contributed by atoms with E-state index in [4.69, 9.17) is 4.74 Å². The molecule has 0 bridgehead atoms. The molecule has 1 saturated heterocycles. The smallest absolute Gasteiger partial charge is 0.0914 e. The minimum absolute atomic E-state index is 0.308. The second-order valence-electron chi connectivity index (χ2n) is 5.77. The standard InChI is InChI=1S/C18H23NO2/c20-18(13-19-12-17-7-3-4-10-21-17)16-9-8-14-5-1-2-6-15(14)11-16/h1-2,5-6,8-9,11,17-20H,3-4,7,10,12-13H2. The molecule has 1 heterocycles. The van der Waals surface area contributed by atoms with E-state index < -0.39 is 6.10 Å². The molecule has 3 heteroatoms. The van der Waals surface area contributed by atoms with Crippen molar-refractivity contribution < 1.29 is 9.84 Å². The van der Waals surface area contributed by atoms with Crippen LogP contribution in [0.2, 0.25) is 0 Å². The molecular formula is C18H23NO2. The minimum Gasteiger partial charge on any atom is -0.387 e. The van der Waals surface area contributed by atoms with Crippen molar-refractivity contribution >= 4 is 10.8 Å². The van der Waals surface area contributed by atoms with Crippen LogP contribution in [0.25, 0.3) is 10.8 Å². The Morgan fingerprint density at radius 1 is 1.14 bits per heavy atom. The fourth-order valence-corrected chi connectivity index (χ4v) is 2.88. The summed E-state index contributed by atoms with van der Waals surface area (Å²) in [5.41, 5.74) is 0.964. The summed E-state index contributed by atoms with van der Waals surface area (Å²) in [5, 5.41) is 16.0. The second-order valence-corrected chi connectivity index (χ2v) is 5.77. The Balaban J connectivity index is 1.54. The molecule has 2 atom stereocenters. The number of fused-ring (bicyclic) bond motifs is 1. The summed E-state index contributed by atoms with van der Waals surface area (Å²) >= 11 is 0. The topological polar surface area (TPSA) is 41.5 Å². The van der Waals surface area contributed by atoms with Crippen LogP contribution < -0.4 is 5.32 Å². The Hall–Kier alpha value is -1.42. The molecule has 0 amide bonds. The quantitative estimate of drug-likeness (QED) is 0.887. The van der Waals surface area contributed by atoms with Crippen molar-refractivity contribution in [2.24, 2.45) is 0 Å². The zero-order valence-corrected chi connectivity index (χ0v) is 12.3. The first-order valence-electron chi connectivity index (χ1n) is 7.82. The van der Waals surface area contributed by atoms with E-state index >= 15 is 0 Å². The van der Waals surface area contributed by atoms with Gasteiger partial charge in [0.2, 0.25) is 0 Å². The monoisotopic (exact) mass is 285 g/mol. The van der Waals surface area contributed by atoms with Gasteiger partial charge in [0.05, 0.1) is 12.2 Å². The number of aliphatic hydroxyl groups is 1. The van der Waals surface area contributed by atoms with E-state index in [1.165, 1.54) is 23.6 Å². The number of aliphatic hydroxyl groups excluding tert-OH is 1. The summed E-state index contributed by atoms with van der Waals surface area (Å²) in [6, 6.07) is 14.4. The van der Waals surface area contributed by atoms with Gasteiger partial charge in [-0.3, -0.25) is 0 Å². The first-order valence-corrected chi connectivity index (χ1v) is 7.82. The van der Waals surface area contributed by atoms with Gasteiger partial charge in [-0.15, -0.1) is 0 Å². The second kappa shape index (κ2) is 7.03. The molecule has 0 aromatic heterocycles. The molecule has 3 rings (SSSR count). The zero-order chi connectivity index (χ0) is 14.5. The van der Waals surface area contributed by atoms with Crippen LogP contribution in [0.1, 0.15) is 30.9 Å². The zero-order valence-electron chi connectivity index (χ0n) is 12.3. The SMILES string of the molecule is OC(CNCC1CCCCO1)c1ccc2ccccc2c1.